The Morgan fingerprint density at radius 3 is 1.13 bits per heavy atom. The first kappa shape index (κ1) is 70.4. The molecule has 0 saturated carbocycles. The zero-order valence-corrected chi connectivity index (χ0v) is 48.1. The van der Waals surface area contributed by atoms with E-state index in [1.807, 2.05) is 21.1 Å². The first-order valence-corrected chi connectivity index (χ1v) is 29.3. The Kier molecular flexibility index (Phi) is 52.3. The van der Waals surface area contributed by atoms with Crippen molar-refractivity contribution >= 4 is 17.9 Å². The molecule has 0 radical (unpaired) electrons. The van der Waals surface area contributed by atoms with Gasteiger partial charge in [-0.3, -0.25) is 9.59 Å². The van der Waals surface area contributed by atoms with Crippen LogP contribution in [0.15, 0.2) is 134 Å². The number of carboxylic acids is 1. The fourth-order valence-corrected chi connectivity index (χ4v) is 7.38. The minimum atomic E-state index is -1.64. The molecule has 0 amide bonds. The van der Waals surface area contributed by atoms with Gasteiger partial charge in [-0.1, -0.05) is 212 Å². The van der Waals surface area contributed by atoms with Crippen LogP contribution in [0.3, 0.4) is 0 Å². The highest BCUT2D eigenvalue weighted by atomic mass is 16.7. The van der Waals surface area contributed by atoms with Gasteiger partial charge in [0.25, 0.3) is 0 Å². The second kappa shape index (κ2) is 55.7. The predicted octanol–water partition coefficient (Wildman–Crippen LogP) is 16.1. The maximum absolute atomic E-state index is 12.9. The third-order valence-electron chi connectivity index (χ3n) is 11.9. The van der Waals surface area contributed by atoms with Crippen LogP contribution in [-0.2, 0) is 33.3 Å². The molecule has 2 atom stereocenters. The molecular weight excluding hydrogens is 935 g/mol. The fourth-order valence-electron chi connectivity index (χ4n) is 7.38. The lowest BCUT2D eigenvalue weighted by molar-refractivity contribution is -0.870. The molecule has 0 aliphatic heterocycles. The number of esters is 2. The number of likely N-dealkylation sites (N-methyl/N-ethyl adjacent to an activating group) is 1. The van der Waals surface area contributed by atoms with Gasteiger partial charge >= 0.3 is 11.9 Å². The number of carboxylic acid groups (broad SMARTS) is 1. The summed E-state index contributed by atoms with van der Waals surface area (Å²) >= 11 is 0. The number of carbonyl (C=O) groups is 3. The number of hydrogen-bond donors (Lipinski definition) is 0. The second-order valence-electron chi connectivity index (χ2n) is 20.2. The summed E-state index contributed by atoms with van der Waals surface area (Å²) in [7, 11) is 5.89. The van der Waals surface area contributed by atoms with Crippen molar-refractivity contribution < 1.29 is 42.9 Å². The number of allylic oxidation sites excluding steroid dienone is 22. The average Bonchev–Trinajstić information content (AvgIpc) is 3.38. The van der Waals surface area contributed by atoms with E-state index in [2.05, 4.69) is 148 Å². The largest absolute Gasteiger partial charge is 0.545 e. The van der Waals surface area contributed by atoms with Crippen LogP contribution >= 0.6 is 0 Å². The Bertz CT molecular complexity index is 1690. The van der Waals surface area contributed by atoms with Gasteiger partial charge in [0, 0.05) is 12.8 Å². The normalized spacial score (nSPS) is 13.8. The monoisotopic (exact) mass is 1040 g/mol. The van der Waals surface area contributed by atoms with Crippen molar-refractivity contribution in [1.82, 2.24) is 0 Å². The maximum Gasteiger partial charge on any atom is 0.306 e. The maximum atomic E-state index is 12.9. The average molecular weight is 1040 g/mol. The molecular formula is C66H107NO8. The van der Waals surface area contributed by atoms with Gasteiger partial charge in [-0.15, -0.1) is 0 Å². The third-order valence-corrected chi connectivity index (χ3v) is 11.9. The number of hydrogen-bond acceptors (Lipinski definition) is 8. The molecule has 0 saturated heterocycles. The molecule has 0 aromatic carbocycles. The summed E-state index contributed by atoms with van der Waals surface area (Å²) in [4.78, 5) is 37.3. The number of quaternary nitrogens is 1. The predicted molar refractivity (Wildman–Crippen MR) is 315 cm³/mol. The lowest BCUT2D eigenvalue weighted by atomic mass is 10.1. The van der Waals surface area contributed by atoms with E-state index in [4.69, 9.17) is 18.9 Å². The SMILES string of the molecule is CC/C=C\C/C=C\C/C=C\C/C=C\C/C=C\C/C=C\C/C=C\C/C=C\CCCCCCC(=O)OC(COC(=O)CCCCCCCC/C=C\C/C=C\C/C=C\CCCCCCC)COC(OCC[N+](C)(C)C)C(=O)[O-]. The lowest BCUT2D eigenvalue weighted by Gasteiger charge is -2.26. The second-order valence-corrected chi connectivity index (χ2v) is 20.2. The van der Waals surface area contributed by atoms with E-state index in [-0.39, 0.29) is 38.6 Å². The van der Waals surface area contributed by atoms with Crippen LogP contribution < -0.4 is 5.11 Å². The minimum absolute atomic E-state index is 0.132. The molecule has 0 N–H and O–H groups in total. The molecule has 0 aliphatic rings. The van der Waals surface area contributed by atoms with Gasteiger partial charge in [0.05, 0.1) is 40.3 Å². The summed E-state index contributed by atoms with van der Waals surface area (Å²) in [6.07, 6.45) is 76.3. The molecule has 75 heavy (non-hydrogen) atoms. The molecule has 0 fully saturated rings. The van der Waals surface area contributed by atoms with E-state index in [9.17, 15) is 19.5 Å². The first-order chi connectivity index (χ1) is 36.6. The molecule has 0 aliphatic carbocycles. The van der Waals surface area contributed by atoms with Crippen molar-refractivity contribution in [2.75, 3.05) is 47.5 Å². The zero-order chi connectivity index (χ0) is 54.8. The quantitative estimate of drug-likeness (QED) is 0.0195. The standard InChI is InChI=1S/C66H107NO8/c1-6-8-10-12-14-16-18-20-22-24-26-28-29-30-31-32-33-34-35-37-39-41-43-45-47-49-51-53-55-57-64(69)75-62(61-74-66(65(70)71)72-59-58-67(3,4)5)60-73-63(68)56-54-52-50-48-46-44-42-40-38-36-27-25-23-21-19-17-15-13-11-9-7-2/h8,10,14,16,19-22,25-28,30-31,33-34,37-40,43,45,62,66H,6-7,9,11-13,15,17-18,23-24,29,32,35-36,41-42,44,46-61H2,1-5H3/b10-8-,16-14-,21-19-,22-20-,27-25-,28-26-,31-30-,34-33-,39-37-,40-38-,45-43-. The molecule has 0 heterocycles. The molecule has 2 unspecified atom stereocenters. The van der Waals surface area contributed by atoms with E-state index >= 15 is 0 Å². The van der Waals surface area contributed by atoms with Crippen LogP contribution in [0, 0.1) is 0 Å². The number of aliphatic carboxylic acids is 1. The summed E-state index contributed by atoms with van der Waals surface area (Å²) in [5, 5.41) is 11.8. The molecule has 0 spiro atoms. The number of ether oxygens (including phenoxy) is 4. The van der Waals surface area contributed by atoms with E-state index in [1.54, 1.807) is 0 Å². The van der Waals surface area contributed by atoms with Gasteiger partial charge in [0.1, 0.15) is 13.2 Å². The van der Waals surface area contributed by atoms with Crippen molar-refractivity contribution in [3.05, 3.63) is 134 Å². The topological polar surface area (TPSA) is 111 Å². The Balaban J connectivity index is 4.39. The van der Waals surface area contributed by atoms with Gasteiger partial charge in [-0.2, -0.15) is 0 Å². The minimum Gasteiger partial charge on any atom is -0.545 e. The van der Waals surface area contributed by atoms with Crippen molar-refractivity contribution in [2.45, 2.75) is 219 Å². The molecule has 0 rings (SSSR count). The van der Waals surface area contributed by atoms with Gasteiger partial charge in [0.2, 0.25) is 0 Å². The summed E-state index contributed by atoms with van der Waals surface area (Å²) in [5.74, 6) is -2.35. The molecule has 0 bridgehead atoms. The first-order valence-electron chi connectivity index (χ1n) is 29.3. The Morgan fingerprint density at radius 2 is 0.760 bits per heavy atom. The van der Waals surface area contributed by atoms with Crippen LogP contribution in [0.4, 0.5) is 0 Å². The Hall–Kier alpha value is -4.57. The molecule has 0 aromatic heterocycles. The highest BCUT2D eigenvalue weighted by Gasteiger charge is 2.22. The smallest absolute Gasteiger partial charge is 0.306 e. The number of unbranched alkanes of at least 4 members (excludes halogenated alkanes) is 15. The van der Waals surface area contributed by atoms with Crippen LogP contribution in [0.2, 0.25) is 0 Å². The zero-order valence-electron chi connectivity index (χ0n) is 48.1. The summed E-state index contributed by atoms with van der Waals surface area (Å²) in [5.41, 5.74) is 0. The highest BCUT2D eigenvalue weighted by molar-refractivity contribution is 5.70. The van der Waals surface area contributed by atoms with E-state index in [0.29, 0.717) is 23.9 Å². The van der Waals surface area contributed by atoms with Crippen molar-refractivity contribution in [1.29, 1.82) is 0 Å². The Labute approximate surface area is 459 Å². The fraction of sp³-hybridized carbons (Fsp3) is 0.621. The van der Waals surface area contributed by atoms with Crippen LogP contribution in [-0.4, -0.2) is 82.3 Å². The summed E-state index contributed by atoms with van der Waals surface area (Å²) < 4.78 is 22.6. The lowest BCUT2D eigenvalue weighted by Crippen LogP contribution is -2.44. The van der Waals surface area contributed by atoms with Crippen LogP contribution in [0.25, 0.3) is 0 Å². The highest BCUT2D eigenvalue weighted by Crippen LogP contribution is 2.13. The molecule has 9 heteroatoms. The number of nitrogens with zero attached hydrogens (tertiary/aromatic N) is 1. The molecule has 0 aromatic rings. The van der Waals surface area contributed by atoms with E-state index < -0.39 is 24.3 Å². The summed E-state index contributed by atoms with van der Waals surface area (Å²) in [6.45, 7) is 4.55. The third kappa shape index (κ3) is 57.0. The van der Waals surface area contributed by atoms with Crippen molar-refractivity contribution in [2.24, 2.45) is 0 Å². The van der Waals surface area contributed by atoms with Crippen molar-refractivity contribution in [3.8, 4) is 0 Å². The number of carbonyl (C=O) groups excluding carboxylic acids is 3. The van der Waals surface area contributed by atoms with Gasteiger partial charge < -0.3 is 33.3 Å². The van der Waals surface area contributed by atoms with Crippen molar-refractivity contribution in [3.63, 3.8) is 0 Å². The van der Waals surface area contributed by atoms with E-state index in [0.717, 1.165) is 128 Å². The van der Waals surface area contributed by atoms with Gasteiger partial charge in [-0.05, 0) is 116 Å². The van der Waals surface area contributed by atoms with Crippen LogP contribution in [0.1, 0.15) is 206 Å². The number of rotatable bonds is 52. The molecule has 424 valence electrons. The van der Waals surface area contributed by atoms with Crippen LogP contribution in [0.5, 0.6) is 0 Å². The Morgan fingerprint density at radius 1 is 0.413 bits per heavy atom. The van der Waals surface area contributed by atoms with Gasteiger partial charge in [-0.25, -0.2) is 0 Å². The summed E-state index contributed by atoms with van der Waals surface area (Å²) in [6, 6.07) is 0. The van der Waals surface area contributed by atoms with Gasteiger partial charge in [0.15, 0.2) is 12.4 Å². The molecule has 9 nitrogen and oxygen atoms in total. The van der Waals surface area contributed by atoms with E-state index in [1.165, 1.54) is 38.5 Å².